The molecule has 0 aliphatic carbocycles. The lowest BCUT2D eigenvalue weighted by Gasteiger charge is -2.26. The number of rotatable bonds is 8. The maximum Gasteiger partial charge on any atom is 0.104 e. The summed E-state index contributed by atoms with van der Waals surface area (Å²) in [4.78, 5) is 0. The van der Waals surface area contributed by atoms with Crippen molar-refractivity contribution in [3.8, 4) is 0 Å². The van der Waals surface area contributed by atoms with Crippen molar-refractivity contribution in [2.24, 2.45) is 5.92 Å². The molecule has 90 valence electrons. The standard InChI is InChI=1S/C12H25NO2/c1-10(2)4-5-11(3)13-6-7-15-12-8-14-9-12/h10-13H,4-9H2,1-3H3. The van der Waals surface area contributed by atoms with Crippen molar-refractivity contribution in [2.75, 3.05) is 26.4 Å². The van der Waals surface area contributed by atoms with Crippen molar-refractivity contribution in [2.45, 2.75) is 45.8 Å². The predicted molar refractivity (Wildman–Crippen MR) is 62.1 cm³/mol. The summed E-state index contributed by atoms with van der Waals surface area (Å²) >= 11 is 0. The Morgan fingerprint density at radius 1 is 1.27 bits per heavy atom. The fourth-order valence-electron chi connectivity index (χ4n) is 1.53. The molecule has 0 spiro atoms. The molecule has 1 aliphatic rings. The molecule has 0 aromatic heterocycles. The van der Waals surface area contributed by atoms with E-state index in [0.717, 1.165) is 32.3 Å². The van der Waals surface area contributed by atoms with Crippen LogP contribution in [0.2, 0.25) is 0 Å². The van der Waals surface area contributed by atoms with E-state index in [4.69, 9.17) is 9.47 Å². The highest BCUT2D eigenvalue weighted by molar-refractivity contribution is 4.65. The third-order valence-electron chi connectivity index (χ3n) is 2.73. The van der Waals surface area contributed by atoms with Crippen molar-refractivity contribution < 1.29 is 9.47 Å². The fraction of sp³-hybridized carbons (Fsp3) is 1.00. The molecule has 1 fully saturated rings. The van der Waals surface area contributed by atoms with Crippen LogP contribution in [0.1, 0.15) is 33.6 Å². The fourth-order valence-corrected chi connectivity index (χ4v) is 1.53. The molecule has 1 rings (SSSR count). The molecule has 1 aliphatic heterocycles. The second kappa shape index (κ2) is 7.20. The maximum absolute atomic E-state index is 5.57. The minimum atomic E-state index is 0.359. The average Bonchev–Trinajstić information content (AvgIpc) is 2.11. The Bertz CT molecular complexity index is 158. The summed E-state index contributed by atoms with van der Waals surface area (Å²) in [7, 11) is 0. The summed E-state index contributed by atoms with van der Waals surface area (Å²) in [6.45, 7) is 10.1. The molecule has 0 aromatic rings. The van der Waals surface area contributed by atoms with Gasteiger partial charge in [0.1, 0.15) is 6.10 Å². The molecule has 1 unspecified atom stereocenters. The highest BCUT2D eigenvalue weighted by Crippen LogP contribution is 2.06. The number of hydrogen-bond donors (Lipinski definition) is 1. The summed E-state index contributed by atoms with van der Waals surface area (Å²) in [6, 6.07) is 0.605. The Hall–Kier alpha value is -0.120. The van der Waals surface area contributed by atoms with Gasteiger partial charge in [-0.3, -0.25) is 0 Å². The van der Waals surface area contributed by atoms with Gasteiger partial charge in [-0.05, 0) is 25.7 Å². The molecule has 1 atom stereocenters. The summed E-state index contributed by atoms with van der Waals surface area (Å²) in [5.74, 6) is 0.803. The van der Waals surface area contributed by atoms with Crippen LogP contribution in [0.4, 0.5) is 0 Å². The smallest absolute Gasteiger partial charge is 0.104 e. The van der Waals surface area contributed by atoms with Gasteiger partial charge in [-0.2, -0.15) is 0 Å². The lowest BCUT2D eigenvalue weighted by atomic mass is 10.0. The molecule has 3 nitrogen and oxygen atoms in total. The first-order chi connectivity index (χ1) is 7.18. The summed E-state index contributed by atoms with van der Waals surface area (Å²) in [5.41, 5.74) is 0. The van der Waals surface area contributed by atoms with Gasteiger partial charge in [0, 0.05) is 12.6 Å². The van der Waals surface area contributed by atoms with E-state index in [2.05, 4.69) is 26.1 Å². The zero-order valence-corrected chi connectivity index (χ0v) is 10.3. The normalized spacial score (nSPS) is 19.2. The summed E-state index contributed by atoms with van der Waals surface area (Å²) in [6.07, 6.45) is 2.91. The van der Waals surface area contributed by atoms with E-state index in [1.54, 1.807) is 0 Å². The molecule has 15 heavy (non-hydrogen) atoms. The topological polar surface area (TPSA) is 30.5 Å². The lowest BCUT2D eigenvalue weighted by Crippen LogP contribution is -2.38. The predicted octanol–water partition coefficient (Wildman–Crippen LogP) is 1.82. The van der Waals surface area contributed by atoms with Crippen LogP contribution < -0.4 is 5.32 Å². The molecule has 0 aromatic carbocycles. The van der Waals surface area contributed by atoms with E-state index >= 15 is 0 Å². The van der Waals surface area contributed by atoms with E-state index in [0.29, 0.717) is 12.1 Å². The van der Waals surface area contributed by atoms with E-state index in [9.17, 15) is 0 Å². The first kappa shape index (κ1) is 12.9. The Morgan fingerprint density at radius 2 is 2.00 bits per heavy atom. The van der Waals surface area contributed by atoms with Crippen LogP contribution >= 0.6 is 0 Å². The molecule has 0 saturated carbocycles. The number of nitrogens with one attached hydrogen (secondary N) is 1. The van der Waals surface area contributed by atoms with Gasteiger partial charge in [0.15, 0.2) is 0 Å². The largest absolute Gasteiger partial charge is 0.376 e. The highest BCUT2D eigenvalue weighted by Gasteiger charge is 2.18. The van der Waals surface area contributed by atoms with Gasteiger partial charge in [-0.15, -0.1) is 0 Å². The maximum atomic E-state index is 5.57. The van der Waals surface area contributed by atoms with Crippen molar-refractivity contribution in [3.63, 3.8) is 0 Å². The van der Waals surface area contributed by atoms with E-state index in [1.165, 1.54) is 12.8 Å². The summed E-state index contributed by atoms with van der Waals surface area (Å²) < 4.78 is 10.6. The van der Waals surface area contributed by atoms with Gasteiger partial charge in [0.25, 0.3) is 0 Å². The van der Waals surface area contributed by atoms with E-state index in [1.807, 2.05) is 0 Å². The van der Waals surface area contributed by atoms with Crippen molar-refractivity contribution in [1.82, 2.24) is 5.32 Å². The highest BCUT2D eigenvalue weighted by atomic mass is 16.6. The van der Waals surface area contributed by atoms with Crippen LogP contribution in [0.25, 0.3) is 0 Å². The van der Waals surface area contributed by atoms with E-state index < -0.39 is 0 Å². The molecule has 0 bridgehead atoms. The Labute approximate surface area is 93.5 Å². The zero-order valence-electron chi connectivity index (χ0n) is 10.3. The zero-order chi connectivity index (χ0) is 11.1. The third-order valence-corrected chi connectivity index (χ3v) is 2.73. The van der Waals surface area contributed by atoms with E-state index in [-0.39, 0.29) is 0 Å². The van der Waals surface area contributed by atoms with Crippen LogP contribution in [0.5, 0.6) is 0 Å². The van der Waals surface area contributed by atoms with Gasteiger partial charge >= 0.3 is 0 Å². The second-order valence-electron chi connectivity index (χ2n) is 4.86. The minimum Gasteiger partial charge on any atom is -0.376 e. The van der Waals surface area contributed by atoms with Gasteiger partial charge in [0.05, 0.1) is 19.8 Å². The van der Waals surface area contributed by atoms with Crippen molar-refractivity contribution in [1.29, 1.82) is 0 Å². The number of hydrogen-bond acceptors (Lipinski definition) is 3. The summed E-state index contributed by atoms with van der Waals surface area (Å²) in [5, 5.41) is 3.48. The first-order valence-electron chi connectivity index (χ1n) is 6.11. The van der Waals surface area contributed by atoms with Gasteiger partial charge in [-0.25, -0.2) is 0 Å². The van der Waals surface area contributed by atoms with Gasteiger partial charge in [0.2, 0.25) is 0 Å². The van der Waals surface area contributed by atoms with Crippen LogP contribution in [0.3, 0.4) is 0 Å². The minimum absolute atomic E-state index is 0.359. The molecular formula is C12H25NO2. The molecule has 1 saturated heterocycles. The molecule has 1 heterocycles. The van der Waals surface area contributed by atoms with Crippen LogP contribution in [-0.2, 0) is 9.47 Å². The molecule has 3 heteroatoms. The first-order valence-corrected chi connectivity index (χ1v) is 6.11. The van der Waals surface area contributed by atoms with Crippen LogP contribution in [-0.4, -0.2) is 38.5 Å². The van der Waals surface area contributed by atoms with Crippen molar-refractivity contribution in [3.05, 3.63) is 0 Å². The molecule has 0 radical (unpaired) electrons. The van der Waals surface area contributed by atoms with Gasteiger partial charge < -0.3 is 14.8 Å². The monoisotopic (exact) mass is 215 g/mol. The Balaban J connectivity index is 1.85. The SMILES string of the molecule is CC(C)CCC(C)NCCOC1COC1. The average molecular weight is 215 g/mol. The molecular weight excluding hydrogens is 190 g/mol. The van der Waals surface area contributed by atoms with Crippen molar-refractivity contribution >= 4 is 0 Å². The van der Waals surface area contributed by atoms with Gasteiger partial charge in [-0.1, -0.05) is 13.8 Å². The van der Waals surface area contributed by atoms with Crippen LogP contribution in [0.15, 0.2) is 0 Å². The third kappa shape index (κ3) is 6.13. The quantitative estimate of drug-likeness (QED) is 0.626. The van der Waals surface area contributed by atoms with Crippen LogP contribution in [0, 0.1) is 5.92 Å². The Kier molecular flexibility index (Phi) is 6.22. The lowest BCUT2D eigenvalue weighted by molar-refractivity contribution is -0.128. The number of ether oxygens (including phenoxy) is 2. The molecule has 0 amide bonds. The Morgan fingerprint density at radius 3 is 2.53 bits per heavy atom. The second-order valence-corrected chi connectivity index (χ2v) is 4.86. The molecule has 1 N–H and O–H groups in total.